The SMILES string of the molecule is CCc1ccc(O[C@@H](C)C(=O)Nc2ccc(OC)c3ncccc23)cc1. The summed E-state index contributed by atoms with van der Waals surface area (Å²) in [6.45, 7) is 3.83. The van der Waals surface area contributed by atoms with Gasteiger partial charge in [0.2, 0.25) is 0 Å². The normalized spacial score (nSPS) is 11.8. The van der Waals surface area contributed by atoms with E-state index in [0.717, 1.165) is 11.8 Å². The summed E-state index contributed by atoms with van der Waals surface area (Å²) < 4.78 is 11.1. The first-order valence-corrected chi connectivity index (χ1v) is 8.60. The number of carbonyl (C=O) groups is 1. The molecule has 1 aromatic heterocycles. The van der Waals surface area contributed by atoms with Gasteiger partial charge in [0.05, 0.1) is 12.8 Å². The predicted octanol–water partition coefficient (Wildman–Crippen LogP) is 4.21. The maximum atomic E-state index is 12.6. The lowest BCUT2D eigenvalue weighted by molar-refractivity contribution is -0.122. The van der Waals surface area contributed by atoms with E-state index < -0.39 is 6.10 Å². The van der Waals surface area contributed by atoms with Crippen LogP contribution in [0.1, 0.15) is 19.4 Å². The zero-order chi connectivity index (χ0) is 18.5. The Balaban J connectivity index is 1.75. The van der Waals surface area contributed by atoms with Crippen LogP contribution >= 0.6 is 0 Å². The van der Waals surface area contributed by atoms with Crippen molar-refractivity contribution in [2.75, 3.05) is 12.4 Å². The zero-order valence-electron chi connectivity index (χ0n) is 15.2. The van der Waals surface area contributed by atoms with Gasteiger partial charge in [0.1, 0.15) is 17.0 Å². The van der Waals surface area contributed by atoms with E-state index in [2.05, 4.69) is 17.2 Å². The van der Waals surface area contributed by atoms with Gasteiger partial charge in [-0.25, -0.2) is 0 Å². The van der Waals surface area contributed by atoms with Crippen LogP contribution in [0.4, 0.5) is 5.69 Å². The van der Waals surface area contributed by atoms with E-state index in [1.54, 1.807) is 26.3 Å². The van der Waals surface area contributed by atoms with Crippen molar-refractivity contribution in [3.8, 4) is 11.5 Å². The molecule has 1 heterocycles. The van der Waals surface area contributed by atoms with Crippen molar-refractivity contribution in [3.63, 3.8) is 0 Å². The molecule has 2 aromatic carbocycles. The van der Waals surface area contributed by atoms with Gasteiger partial charge in [0.25, 0.3) is 5.91 Å². The molecular weight excluding hydrogens is 328 g/mol. The van der Waals surface area contributed by atoms with Crippen molar-refractivity contribution >= 4 is 22.5 Å². The molecule has 26 heavy (non-hydrogen) atoms. The van der Waals surface area contributed by atoms with Gasteiger partial charge in [-0.15, -0.1) is 0 Å². The van der Waals surface area contributed by atoms with Gasteiger partial charge in [-0.05, 0) is 55.3 Å². The lowest BCUT2D eigenvalue weighted by Crippen LogP contribution is -2.30. The summed E-state index contributed by atoms with van der Waals surface area (Å²) in [5.74, 6) is 1.12. The lowest BCUT2D eigenvalue weighted by atomic mass is 10.1. The highest BCUT2D eigenvalue weighted by atomic mass is 16.5. The smallest absolute Gasteiger partial charge is 0.265 e. The number of benzene rings is 2. The topological polar surface area (TPSA) is 60.5 Å². The molecule has 1 amide bonds. The van der Waals surface area contributed by atoms with Gasteiger partial charge in [-0.3, -0.25) is 9.78 Å². The zero-order valence-corrected chi connectivity index (χ0v) is 15.2. The molecule has 0 aliphatic carbocycles. The number of pyridine rings is 1. The molecule has 0 aliphatic rings. The van der Waals surface area contributed by atoms with Gasteiger partial charge in [-0.2, -0.15) is 0 Å². The highest BCUT2D eigenvalue weighted by Gasteiger charge is 2.17. The monoisotopic (exact) mass is 350 g/mol. The van der Waals surface area contributed by atoms with Crippen molar-refractivity contribution < 1.29 is 14.3 Å². The first-order chi connectivity index (χ1) is 12.6. The van der Waals surface area contributed by atoms with Gasteiger partial charge in [-0.1, -0.05) is 19.1 Å². The number of aryl methyl sites for hydroxylation is 1. The Labute approximate surface area is 153 Å². The first kappa shape index (κ1) is 17.7. The van der Waals surface area contributed by atoms with Crippen molar-refractivity contribution in [3.05, 3.63) is 60.3 Å². The van der Waals surface area contributed by atoms with Crippen LogP contribution in [0.2, 0.25) is 0 Å². The van der Waals surface area contributed by atoms with E-state index in [0.29, 0.717) is 22.7 Å². The molecule has 0 unspecified atom stereocenters. The Morgan fingerprint density at radius 2 is 1.92 bits per heavy atom. The first-order valence-electron chi connectivity index (χ1n) is 8.60. The summed E-state index contributed by atoms with van der Waals surface area (Å²) in [4.78, 5) is 16.9. The Hall–Kier alpha value is -3.08. The average Bonchev–Trinajstić information content (AvgIpc) is 2.68. The molecular formula is C21H22N2O3. The number of anilines is 1. The molecule has 3 aromatic rings. The molecule has 1 N–H and O–H groups in total. The van der Waals surface area contributed by atoms with Crippen LogP contribution in [0.3, 0.4) is 0 Å². The summed E-state index contributed by atoms with van der Waals surface area (Å²) in [5, 5.41) is 3.74. The predicted molar refractivity (Wildman–Crippen MR) is 103 cm³/mol. The minimum atomic E-state index is -0.628. The molecule has 3 rings (SSSR count). The number of aromatic nitrogens is 1. The molecule has 0 bridgehead atoms. The second-order valence-electron chi connectivity index (χ2n) is 5.96. The quantitative estimate of drug-likeness (QED) is 0.723. The number of fused-ring (bicyclic) bond motifs is 1. The van der Waals surface area contributed by atoms with Crippen LogP contribution in [-0.2, 0) is 11.2 Å². The van der Waals surface area contributed by atoms with Crippen molar-refractivity contribution in [2.24, 2.45) is 0 Å². The number of rotatable bonds is 6. The lowest BCUT2D eigenvalue weighted by Gasteiger charge is -2.16. The standard InChI is InChI=1S/C21H22N2O3/c1-4-15-7-9-16(10-8-15)26-14(2)21(24)23-18-11-12-19(25-3)20-17(18)6-5-13-22-20/h5-14H,4H2,1-3H3,(H,23,24)/t14-/m0/s1. The summed E-state index contributed by atoms with van der Waals surface area (Å²) in [6.07, 6.45) is 2.04. The van der Waals surface area contributed by atoms with Crippen LogP contribution in [0.25, 0.3) is 10.9 Å². The molecule has 134 valence electrons. The van der Waals surface area contributed by atoms with Crippen LogP contribution < -0.4 is 14.8 Å². The van der Waals surface area contributed by atoms with E-state index in [9.17, 15) is 4.79 Å². The molecule has 0 saturated carbocycles. The number of carbonyl (C=O) groups excluding carboxylic acids is 1. The fourth-order valence-corrected chi connectivity index (χ4v) is 2.72. The second kappa shape index (κ2) is 7.87. The summed E-state index contributed by atoms with van der Waals surface area (Å²) in [5.41, 5.74) is 2.61. The molecule has 1 atom stereocenters. The number of hydrogen-bond donors (Lipinski definition) is 1. The number of nitrogens with zero attached hydrogens (tertiary/aromatic N) is 1. The van der Waals surface area contributed by atoms with E-state index in [4.69, 9.17) is 9.47 Å². The molecule has 5 heteroatoms. The molecule has 0 radical (unpaired) electrons. The van der Waals surface area contributed by atoms with E-state index in [-0.39, 0.29) is 5.91 Å². The summed E-state index contributed by atoms with van der Waals surface area (Å²) in [6, 6.07) is 15.1. The van der Waals surface area contributed by atoms with E-state index in [1.807, 2.05) is 42.5 Å². The van der Waals surface area contributed by atoms with E-state index >= 15 is 0 Å². The minimum absolute atomic E-state index is 0.222. The van der Waals surface area contributed by atoms with Gasteiger partial charge in [0, 0.05) is 11.6 Å². The second-order valence-corrected chi connectivity index (χ2v) is 5.96. The molecule has 5 nitrogen and oxygen atoms in total. The molecule has 0 spiro atoms. The van der Waals surface area contributed by atoms with Gasteiger partial charge >= 0.3 is 0 Å². The Kier molecular flexibility index (Phi) is 5.37. The molecule has 0 saturated heterocycles. The summed E-state index contributed by atoms with van der Waals surface area (Å²) in [7, 11) is 1.60. The van der Waals surface area contributed by atoms with Crippen LogP contribution in [0.5, 0.6) is 11.5 Å². The minimum Gasteiger partial charge on any atom is -0.494 e. The Morgan fingerprint density at radius 3 is 2.62 bits per heavy atom. The van der Waals surface area contributed by atoms with E-state index in [1.165, 1.54) is 5.56 Å². The highest BCUT2D eigenvalue weighted by Crippen LogP contribution is 2.29. The number of amides is 1. The number of hydrogen-bond acceptors (Lipinski definition) is 4. The van der Waals surface area contributed by atoms with Gasteiger partial charge < -0.3 is 14.8 Å². The third-order valence-electron chi connectivity index (χ3n) is 4.22. The van der Waals surface area contributed by atoms with Crippen molar-refractivity contribution in [1.82, 2.24) is 4.98 Å². The molecule has 0 aliphatic heterocycles. The fourth-order valence-electron chi connectivity index (χ4n) is 2.72. The van der Waals surface area contributed by atoms with Crippen LogP contribution in [0, 0.1) is 0 Å². The maximum Gasteiger partial charge on any atom is 0.265 e. The Morgan fingerprint density at radius 1 is 1.15 bits per heavy atom. The number of methoxy groups -OCH3 is 1. The van der Waals surface area contributed by atoms with Crippen molar-refractivity contribution in [2.45, 2.75) is 26.4 Å². The van der Waals surface area contributed by atoms with Crippen molar-refractivity contribution in [1.29, 1.82) is 0 Å². The Bertz CT molecular complexity index is 907. The largest absolute Gasteiger partial charge is 0.494 e. The number of ether oxygens (including phenoxy) is 2. The highest BCUT2D eigenvalue weighted by molar-refractivity contribution is 6.04. The summed E-state index contributed by atoms with van der Waals surface area (Å²) >= 11 is 0. The third kappa shape index (κ3) is 3.77. The van der Waals surface area contributed by atoms with Crippen LogP contribution in [0.15, 0.2) is 54.7 Å². The average molecular weight is 350 g/mol. The van der Waals surface area contributed by atoms with Gasteiger partial charge in [0.15, 0.2) is 6.10 Å². The third-order valence-corrected chi connectivity index (χ3v) is 4.22. The maximum absolute atomic E-state index is 12.6. The fraction of sp³-hybridized carbons (Fsp3) is 0.238. The molecule has 0 fully saturated rings. The number of nitrogens with one attached hydrogen (secondary N) is 1. The van der Waals surface area contributed by atoms with Crippen LogP contribution in [-0.4, -0.2) is 24.1 Å².